The van der Waals surface area contributed by atoms with E-state index < -0.39 is 106 Å². The van der Waals surface area contributed by atoms with Crippen molar-refractivity contribution >= 4 is 29.5 Å². The number of aliphatic hydroxyl groups is 3. The summed E-state index contributed by atoms with van der Waals surface area (Å²) in [6, 6.07) is 2.88. The molecule has 0 aromatic heterocycles. The number of benzene rings is 1. The summed E-state index contributed by atoms with van der Waals surface area (Å²) < 4.78 is 10.9. The van der Waals surface area contributed by atoms with Gasteiger partial charge in [0, 0.05) is 11.5 Å². The largest absolute Gasteiger partial charge is 0.510 e. The minimum Gasteiger partial charge on any atom is -0.510 e. The quantitative estimate of drug-likeness (QED) is 0.203. The highest BCUT2D eigenvalue weighted by Gasteiger charge is 2.68. The lowest BCUT2D eigenvalue weighted by Gasteiger charge is -2.54. The van der Waals surface area contributed by atoms with Gasteiger partial charge < -0.3 is 41.0 Å². The Morgan fingerprint density at radius 3 is 2.30 bits per heavy atom. The van der Waals surface area contributed by atoms with Crippen LogP contribution in [0.2, 0.25) is 0 Å². The molecule has 1 aromatic carbocycles. The van der Waals surface area contributed by atoms with Crippen molar-refractivity contribution in [2.45, 2.75) is 57.0 Å². The molecule has 43 heavy (non-hydrogen) atoms. The normalized spacial score (nSPS) is 28.6. The molecule has 6 atom stereocenters. The maximum absolute atomic E-state index is 13.8. The number of aliphatic hydroxyl groups excluding tert-OH is 2. The van der Waals surface area contributed by atoms with Crippen LogP contribution in [0.3, 0.4) is 0 Å². The number of alkyl carbamates (subject to hydrolysis) is 1. The second kappa shape index (κ2) is 10.7. The summed E-state index contributed by atoms with van der Waals surface area (Å²) in [6.07, 6.45) is -2.54. The van der Waals surface area contributed by atoms with E-state index in [0.717, 1.165) is 0 Å². The van der Waals surface area contributed by atoms with E-state index in [1.807, 2.05) is 0 Å². The van der Waals surface area contributed by atoms with Crippen molar-refractivity contribution in [2.75, 3.05) is 20.6 Å². The molecule has 4 rings (SSSR count). The first-order chi connectivity index (χ1) is 19.8. The monoisotopic (exact) mass is 601 g/mol. The van der Waals surface area contributed by atoms with E-state index in [-0.39, 0.29) is 5.56 Å². The first-order valence-electron chi connectivity index (χ1n) is 13.5. The molecule has 0 saturated carbocycles. The van der Waals surface area contributed by atoms with Crippen molar-refractivity contribution in [3.8, 4) is 5.75 Å². The molecule has 0 heterocycles. The topological polar surface area (TPSA) is 226 Å². The van der Waals surface area contributed by atoms with Crippen molar-refractivity contribution in [3.05, 3.63) is 52.0 Å². The van der Waals surface area contributed by atoms with Crippen molar-refractivity contribution < 1.29 is 53.9 Å². The summed E-state index contributed by atoms with van der Waals surface area (Å²) in [5, 5.41) is 47.5. The third kappa shape index (κ3) is 4.99. The lowest BCUT2D eigenvalue weighted by atomic mass is 9.55. The second-order valence-electron chi connectivity index (χ2n) is 12.1. The van der Waals surface area contributed by atoms with E-state index in [9.17, 15) is 44.4 Å². The summed E-state index contributed by atoms with van der Waals surface area (Å²) in [4.78, 5) is 66.5. The number of rotatable bonds is 5. The number of amides is 2. The minimum atomic E-state index is -3.07. The standard InChI is InChI=1S/C29H35N3O11/c1-11-12-8-7-9-13(33)16(12)21(35)17-15(11)23(42-14(34)10-31-27(40)43-28(2,3)4)19-20(32(5)6)22(36)18(26(30)39)25(38)29(19,41)24(17)37/h7-9,11,15,19-20,23,33,36-37,41H,10H2,1-6H3,(H2,30,39)(H,31,40). The van der Waals surface area contributed by atoms with Gasteiger partial charge in [-0.05, 0) is 52.4 Å². The van der Waals surface area contributed by atoms with Crippen molar-refractivity contribution in [1.29, 1.82) is 0 Å². The van der Waals surface area contributed by atoms with Crippen LogP contribution in [0.4, 0.5) is 4.79 Å². The number of carbonyl (C=O) groups excluding carboxylic acids is 5. The number of ketones is 2. The molecule has 14 nitrogen and oxygen atoms in total. The molecular weight excluding hydrogens is 566 g/mol. The molecule has 1 aromatic rings. The number of phenolic OH excluding ortho intramolecular Hbond substituents is 1. The molecule has 7 N–H and O–H groups in total. The lowest BCUT2D eigenvalue weighted by molar-refractivity contribution is -0.180. The highest BCUT2D eigenvalue weighted by Crippen LogP contribution is 2.56. The zero-order valence-corrected chi connectivity index (χ0v) is 24.5. The maximum Gasteiger partial charge on any atom is 0.408 e. The molecule has 0 bridgehead atoms. The first-order valence-corrected chi connectivity index (χ1v) is 13.5. The lowest BCUT2D eigenvalue weighted by Crippen LogP contribution is -2.69. The van der Waals surface area contributed by atoms with Crippen LogP contribution in [-0.2, 0) is 23.9 Å². The Morgan fingerprint density at radius 2 is 1.74 bits per heavy atom. The molecule has 0 spiro atoms. The number of ether oxygens (including phenoxy) is 2. The summed E-state index contributed by atoms with van der Waals surface area (Å²) in [7, 11) is 2.88. The number of nitrogens with one attached hydrogen (secondary N) is 1. The number of nitrogens with zero attached hydrogens (tertiary/aromatic N) is 1. The van der Waals surface area contributed by atoms with Gasteiger partial charge in [0.15, 0.2) is 11.4 Å². The van der Waals surface area contributed by atoms with Gasteiger partial charge in [0.25, 0.3) is 5.91 Å². The molecule has 0 fully saturated rings. The van der Waals surface area contributed by atoms with E-state index in [0.29, 0.717) is 5.56 Å². The Hall–Kier alpha value is -4.43. The van der Waals surface area contributed by atoms with Gasteiger partial charge in [-0.2, -0.15) is 0 Å². The fourth-order valence-corrected chi connectivity index (χ4v) is 6.35. The van der Waals surface area contributed by atoms with Gasteiger partial charge in [-0.1, -0.05) is 19.1 Å². The van der Waals surface area contributed by atoms with E-state index in [1.165, 1.54) is 31.1 Å². The number of phenols is 1. The molecule has 0 radical (unpaired) electrons. The van der Waals surface area contributed by atoms with Crippen LogP contribution in [0.15, 0.2) is 40.9 Å². The van der Waals surface area contributed by atoms with E-state index in [4.69, 9.17) is 15.2 Å². The van der Waals surface area contributed by atoms with Crippen molar-refractivity contribution in [2.24, 2.45) is 17.6 Å². The summed E-state index contributed by atoms with van der Waals surface area (Å²) in [6.45, 7) is 5.77. The second-order valence-corrected chi connectivity index (χ2v) is 12.1. The van der Waals surface area contributed by atoms with Gasteiger partial charge in [-0.25, -0.2) is 4.79 Å². The fourth-order valence-electron chi connectivity index (χ4n) is 6.35. The molecule has 0 aliphatic heterocycles. The predicted octanol–water partition coefficient (Wildman–Crippen LogP) is 0.728. The van der Waals surface area contributed by atoms with Gasteiger partial charge in [0.1, 0.15) is 41.1 Å². The Kier molecular flexibility index (Phi) is 7.83. The Labute approximate surface area is 246 Å². The van der Waals surface area contributed by atoms with Crippen LogP contribution in [-0.4, -0.2) is 98.9 Å². The van der Waals surface area contributed by atoms with Crippen molar-refractivity contribution in [3.63, 3.8) is 0 Å². The minimum absolute atomic E-state index is 0.188. The highest BCUT2D eigenvalue weighted by molar-refractivity contribution is 6.25. The summed E-state index contributed by atoms with van der Waals surface area (Å²) >= 11 is 0. The zero-order chi connectivity index (χ0) is 32.3. The van der Waals surface area contributed by atoms with Crippen LogP contribution < -0.4 is 11.1 Å². The average molecular weight is 602 g/mol. The van der Waals surface area contributed by atoms with Crippen LogP contribution in [0.5, 0.6) is 5.75 Å². The molecule has 232 valence electrons. The molecule has 2 amide bonds. The molecule has 3 aliphatic rings. The molecular formula is C29H35N3O11. The number of primary amides is 1. The maximum atomic E-state index is 13.8. The van der Waals surface area contributed by atoms with Crippen molar-refractivity contribution in [1.82, 2.24) is 10.2 Å². The van der Waals surface area contributed by atoms with Crippen LogP contribution in [0, 0.1) is 11.8 Å². The number of nitrogens with two attached hydrogens (primary N) is 1. The van der Waals surface area contributed by atoms with E-state index in [2.05, 4.69) is 5.32 Å². The Balaban J connectivity index is 1.92. The van der Waals surface area contributed by atoms with Gasteiger partial charge in [0.05, 0.1) is 17.5 Å². The average Bonchev–Trinajstić information content (AvgIpc) is 2.87. The van der Waals surface area contributed by atoms with E-state index >= 15 is 0 Å². The van der Waals surface area contributed by atoms with E-state index in [1.54, 1.807) is 33.8 Å². The predicted molar refractivity (Wildman–Crippen MR) is 148 cm³/mol. The number of likely N-dealkylation sites (N-methyl/N-ethyl adjacent to an activating group) is 1. The SMILES string of the molecule is CC1c2cccc(O)c2C(=O)C2=C(O)C3(O)C(=O)C(C(N)=O)=C(O)C(N(C)C)C3C(OC(=O)CNC(=O)OC(C)(C)C)C21. The third-order valence-electron chi connectivity index (χ3n) is 8.01. The third-order valence-corrected chi connectivity index (χ3v) is 8.01. The number of Topliss-reactive ketones (excluding diaryl/α,β-unsaturated/α-hetero) is 2. The Morgan fingerprint density at radius 1 is 1.12 bits per heavy atom. The number of hydrogen-bond donors (Lipinski definition) is 6. The molecule has 0 saturated heterocycles. The van der Waals surface area contributed by atoms with Crippen LogP contribution in [0.1, 0.15) is 49.5 Å². The number of carbonyl (C=O) groups is 5. The first kappa shape index (κ1) is 31.5. The summed E-state index contributed by atoms with van der Waals surface area (Å²) in [5.41, 5.74) is 0.0758. The molecule has 6 unspecified atom stereocenters. The number of esters is 1. The molecule has 3 aliphatic carbocycles. The smallest absolute Gasteiger partial charge is 0.408 e. The van der Waals surface area contributed by atoms with Crippen LogP contribution in [0.25, 0.3) is 0 Å². The fraction of sp³-hybridized carbons (Fsp3) is 0.483. The number of hydrogen-bond acceptors (Lipinski definition) is 12. The number of aromatic hydroxyl groups is 1. The zero-order valence-electron chi connectivity index (χ0n) is 24.5. The van der Waals surface area contributed by atoms with Crippen LogP contribution >= 0.6 is 0 Å². The Bertz CT molecular complexity index is 1490. The van der Waals surface area contributed by atoms with Gasteiger partial charge in [-0.15, -0.1) is 0 Å². The van der Waals surface area contributed by atoms with Gasteiger partial charge >= 0.3 is 12.1 Å². The summed E-state index contributed by atoms with van der Waals surface area (Å²) in [5.74, 6) is -10.9. The molecule has 14 heteroatoms. The number of fused-ring (bicyclic) bond motifs is 3. The highest BCUT2D eigenvalue weighted by atomic mass is 16.6. The van der Waals surface area contributed by atoms with Gasteiger partial charge in [0.2, 0.25) is 5.78 Å². The van der Waals surface area contributed by atoms with Gasteiger partial charge in [-0.3, -0.25) is 24.1 Å².